The molecule has 4 rings (SSSR count). The lowest BCUT2D eigenvalue weighted by Gasteiger charge is -2.12. The van der Waals surface area contributed by atoms with Crippen molar-refractivity contribution < 1.29 is 13.9 Å². The molecule has 32 heavy (non-hydrogen) atoms. The van der Waals surface area contributed by atoms with Crippen molar-refractivity contribution in [2.45, 2.75) is 19.9 Å². The van der Waals surface area contributed by atoms with E-state index in [4.69, 9.17) is 17.0 Å². The Balaban J connectivity index is 1.41. The van der Waals surface area contributed by atoms with Crippen LogP contribution < -0.4 is 15.4 Å². The second-order valence-corrected chi connectivity index (χ2v) is 7.34. The SMILES string of the molecule is CCn1ccc2c(Oc3ccc(NC(=S)NC(=O)Cc4ccccc4)cc3F)ncnc21. The van der Waals surface area contributed by atoms with E-state index in [2.05, 4.69) is 20.6 Å². The summed E-state index contributed by atoms with van der Waals surface area (Å²) in [5, 5.41) is 6.17. The maximum Gasteiger partial charge on any atom is 0.231 e. The van der Waals surface area contributed by atoms with Gasteiger partial charge in [0.1, 0.15) is 12.0 Å². The maximum atomic E-state index is 14.7. The van der Waals surface area contributed by atoms with E-state index in [1.165, 1.54) is 18.5 Å². The maximum absolute atomic E-state index is 14.7. The van der Waals surface area contributed by atoms with Crippen molar-refractivity contribution in [3.8, 4) is 11.6 Å². The number of fused-ring (bicyclic) bond motifs is 1. The fourth-order valence-corrected chi connectivity index (χ4v) is 3.43. The van der Waals surface area contributed by atoms with Crippen LogP contribution in [0.25, 0.3) is 11.0 Å². The first-order valence-corrected chi connectivity index (χ1v) is 10.4. The van der Waals surface area contributed by atoms with E-state index in [1.807, 2.05) is 54.1 Å². The molecule has 0 radical (unpaired) electrons. The van der Waals surface area contributed by atoms with Crippen LogP contribution in [0.2, 0.25) is 0 Å². The number of amides is 1. The topological polar surface area (TPSA) is 81.1 Å². The molecule has 0 atom stereocenters. The lowest BCUT2D eigenvalue weighted by atomic mass is 10.1. The quantitative estimate of drug-likeness (QED) is 0.424. The lowest BCUT2D eigenvalue weighted by molar-refractivity contribution is -0.119. The Kier molecular flexibility index (Phi) is 6.37. The molecule has 0 unspecified atom stereocenters. The van der Waals surface area contributed by atoms with Crippen LogP contribution in [0.15, 0.2) is 67.1 Å². The highest BCUT2D eigenvalue weighted by Gasteiger charge is 2.13. The van der Waals surface area contributed by atoms with Gasteiger partial charge in [-0.3, -0.25) is 4.79 Å². The number of anilines is 1. The number of thiocarbonyl (C=S) groups is 1. The van der Waals surface area contributed by atoms with Crippen molar-refractivity contribution in [3.63, 3.8) is 0 Å². The average Bonchev–Trinajstić information content (AvgIpc) is 3.20. The van der Waals surface area contributed by atoms with Crippen LogP contribution >= 0.6 is 12.2 Å². The minimum atomic E-state index is -0.602. The number of hydrogen-bond donors (Lipinski definition) is 2. The van der Waals surface area contributed by atoms with Crippen LogP contribution in [0.1, 0.15) is 12.5 Å². The molecular formula is C23H20FN5O2S. The van der Waals surface area contributed by atoms with Crippen molar-refractivity contribution in [1.82, 2.24) is 19.9 Å². The van der Waals surface area contributed by atoms with Gasteiger partial charge in [0.25, 0.3) is 0 Å². The van der Waals surface area contributed by atoms with Gasteiger partial charge in [0, 0.05) is 24.5 Å². The Morgan fingerprint density at radius 2 is 1.97 bits per heavy atom. The van der Waals surface area contributed by atoms with Gasteiger partial charge >= 0.3 is 0 Å². The second kappa shape index (κ2) is 9.52. The highest BCUT2D eigenvalue weighted by Crippen LogP contribution is 2.30. The fraction of sp³-hybridized carbons (Fsp3) is 0.130. The van der Waals surface area contributed by atoms with Crippen LogP contribution in [-0.2, 0) is 17.8 Å². The molecule has 0 aliphatic carbocycles. The van der Waals surface area contributed by atoms with Crippen LogP contribution in [0.3, 0.4) is 0 Å². The number of halogens is 1. The van der Waals surface area contributed by atoms with Crippen molar-refractivity contribution in [2.24, 2.45) is 0 Å². The summed E-state index contributed by atoms with van der Waals surface area (Å²) in [6.45, 7) is 2.75. The molecule has 0 aliphatic rings. The molecule has 9 heteroatoms. The third kappa shape index (κ3) is 4.89. The Hall–Kier alpha value is -3.85. The zero-order valence-electron chi connectivity index (χ0n) is 17.2. The number of aryl methyl sites for hydroxylation is 1. The third-order valence-corrected chi connectivity index (χ3v) is 4.92. The zero-order valence-corrected chi connectivity index (χ0v) is 18.0. The molecule has 2 heterocycles. The minimum absolute atomic E-state index is 0.0128. The lowest BCUT2D eigenvalue weighted by Crippen LogP contribution is -2.35. The van der Waals surface area contributed by atoms with E-state index >= 15 is 0 Å². The number of carbonyl (C=O) groups is 1. The summed E-state index contributed by atoms with van der Waals surface area (Å²) in [5.74, 6) is -0.583. The van der Waals surface area contributed by atoms with E-state index in [0.717, 1.165) is 12.1 Å². The molecular weight excluding hydrogens is 429 g/mol. The predicted molar refractivity (Wildman–Crippen MR) is 124 cm³/mol. The van der Waals surface area contributed by atoms with Crippen LogP contribution in [0.4, 0.5) is 10.1 Å². The van der Waals surface area contributed by atoms with Crippen molar-refractivity contribution in [1.29, 1.82) is 0 Å². The average molecular weight is 450 g/mol. The largest absolute Gasteiger partial charge is 0.435 e. The highest BCUT2D eigenvalue weighted by molar-refractivity contribution is 7.80. The van der Waals surface area contributed by atoms with Crippen LogP contribution in [0.5, 0.6) is 11.6 Å². The van der Waals surface area contributed by atoms with Crippen LogP contribution in [-0.4, -0.2) is 25.6 Å². The van der Waals surface area contributed by atoms with Gasteiger partial charge in [0.15, 0.2) is 16.7 Å². The third-order valence-electron chi connectivity index (χ3n) is 4.72. The Bertz CT molecular complexity index is 1280. The number of rotatable bonds is 6. The molecule has 2 N–H and O–H groups in total. The summed E-state index contributed by atoms with van der Waals surface area (Å²) in [4.78, 5) is 20.5. The summed E-state index contributed by atoms with van der Waals surface area (Å²) in [6, 6.07) is 15.4. The minimum Gasteiger partial charge on any atom is -0.435 e. The fourth-order valence-electron chi connectivity index (χ4n) is 3.20. The van der Waals surface area contributed by atoms with Crippen molar-refractivity contribution in [2.75, 3.05) is 5.32 Å². The molecule has 0 spiro atoms. The normalized spacial score (nSPS) is 10.7. The van der Waals surface area contributed by atoms with Gasteiger partial charge in [-0.2, -0.15) is 0 Å². The molecule has 2 aromatic carbocycles. The molecule has 0 aliphatic heterocycles. The summed E-state index contributed by atoms with van der Waals surface area (Å²) >= 11 is 5.16. The van der Waals surface area contributed by atoms with Gasteiger partial charge in [-0.05, 0) is 42.9 Å². The van der Waals surface area contributed by atoms with Crippen LogP contribution in [0, 0.1) is 5.82 Å². The number of benzene rings is 2. The number of hydrogen-bond acceptors (Lipinski definition) is 5. The monoisotopic (exact) mass is 449 g/mol. The first-order valence-electron chi connectivity index (χ1n) is 9.95. The molecule has 4 aromatic rings. The Morgan fingerprint density at radius 1 is 1.16 bits per heavy atom. The van der Waals surface area contributed by atoms with E-state index in [-0.39, 0.29) is 29.1 Å². The number of nitrogens with one attached hydrogen (secondary N) is 2. The van der Waals surface area contributed by atoms with Gasteiger partial charge in [-0.25, -0.2) is 14.4 Å². The van der Waals surface area contributed by atoms with Gasteiger partial charge in [0.05, 0.1) is 11.8 Å². The molecule has 2 aromatic heterocycles. The van der Waals surface area contributed by atoms with E-state index in [1.54, 1.807) is 6.07 Å². The summed E-state index contributed by atoms with van der Waals surface area (Å²) in [6.07, 6.45) is 3.45. The number of ether oxygens (including phenoxy) is 1. The first kappa shape index (κ1) is 21.4. The number of nitrogens with zero attached hydrogens (tertiary/aromatic N) is 3. The van der Waals surface area contributed by atoms with E-state index in [0.29, 0.717) is 16.7 Å². The Morgan fingerprint density at radius 3 is 2.72 bits per heavy atom. The van der Waals surface area contributed by atoms with E-state index in [9.17, 15) is 9.18 Å². The molecule has 0 saturated carbocycles. The zero-order chi connectivity index (χ0) is 22.5. The highest BCUT2D eigenvalue weighted by atomic mass is 32.1. The molecule has 162 valence electrons. The molecule has 0 bridgehead atoms. The number of carbonyl (C=O) groups excluding carboxylic acids is 1. The van der Waals surface area contributed by atoms with E-state index < -0.39 is 5.82 Å². The van der Waals surface area contributed by atoms with Gasteiger partial charge < -0.3 is 19.9 Å². The molecule has 1 amide bonds. The smallest absolute Gasteiger partial charge is 0.231 e. The summed E-state index contributed by atoms with van der Waals surface area (Å²) in [7, 11) is 0. The molecule has 0 saturated heterocycles. The van der Waals surface area contributed by atoms with Gasteiger partial charge in [-0.1, -0.05) is 30.3 Å². The molecule has 7 nitrogen and oxygen atoms in total. The second-order valence-electron chi connectivity index (χ2n) is 6.93. The predicted octanol–water partition coefficient (Wildman–Crippen LogP) is 4.44. The number of aromatic nitrogens is 3. The van der Waals surface area contributed by atoms with Gasteiger partial charge in [0.2, 0.25) is 11.8 Å². The van der Waals surface area contributed by atoms with Gasteiger partial charge in [-0.15, -0.1) is 0 Å². The summed E-state index contributed by atoms with van der Waals surface area (Å²) < 4.78 is 22.3. The first-order chi connectivity index (χ1) is 15.5. The Labute approximate surface area is 189 Å². The van der Waals surface area contributed by atoms with Crippen molar-refractivity contribution >= 4 is 40.0 Å². The molecule has 0 fully saturated rings. The van der Waals surface area contributed by atoms with Crippen molar-refractivity contribution in [3.05, 3.63) is 78.5 Å². The standard InChI is InChI=1S/C23H20FN5O2S/c1-2-29-11-10-17-21(29)25-14-26-22(17)31-19-9-8-16(13-18(19)24)27-23(32)28-20(30)12-15-6-4-3-5-7-15/h3-11,13-14H,2,12H2,1H3,(H2,27,28,30,32). The summed E-state index contributed by atoms with van der Waals surface area (Å²) in [5.41, 5.74) is 1.96.